The quantitative estimate of drug-likeness (QED) is 0.818. The molecule has 0 aliphatic carbocycles. The minimum atomic E-state index is -0.308. The van der Waals surface area contributed by atoms with Crippen molar-refractivity contribution in [1.29, 1.82) is 0 Å². The summed E-state index contributed by atoms with van der Waals surface area (Å²) in [5.41, 5.74) is 0.796. The second kappa shape index (κ2) is 7.75. The van der Waals surface area contributed by atoms with E-state index < -0.39 is 0 Å². The molecule has 4 nitrogen and oxygen atoms in total. The van der Waals surface area contributed by atoms with Crippen LogP contribution in [0.1, 0.15) is 12.5 Å². The zero-order valence-electron chi connectivity index (χ0n) is 12.1. The number of halogens is 1. The summed E-state index contributed by atoms with van der Waals surface area (Å²) in [6.45, 7) is 2.62. The van der Waals surface area contributed by atoms with Crippen molar-refractivity contribution in [1.82, 2.24) is 10.2 Å². The first-order chi connectivity index (χ1) is 9.42. The van der Waals surface area contributed by atoms with Gasteiger partial charge in [-0.2, -0.15) is 0 Å². The number of ketones is 1. The molecule has 0 bridgehead atoms. The topological polar surface area (TPSA) is 49.4 Å². The summed E-state index contributed by atoms with van der Waals surface area (Å²) in [6.07, 6.45) is 0.277. The average Bonchev–Trinajstić information content (AvgIpc) is 2.40. The molecule has 1 N–H and O–H groups in total. The monoisotopic (exact) mass is 280 g/mol. The predicted octanol–water partition coefficient (Wildman–Crippen LogP) is 1.25. The first-order valence-corrected chi connectivity index (χ1v) is 6.58. The number of hydrogen-bond donors (Lipinski definition) is 1. The Bertz CT molecular complexity index is 459. The molecule has 0 heterocycles. The lowest BCUT2D eigenvalue weighted by Gasteiger charge is -2.19. The van der Waals surface area contributed by atoms with Crippen LogP contribution in [-0.4, -0.2) is 43.8 Å². The normalized spacial score (nSPS) is 12.2. The van der Waals surface area contributed by atoms with E-state index in [-0.39, 0.29) is 36.4 Å². The molecule has 5 heteroatoms. The Labute approximate surface area is 119 Å². The molecular weight excluding hydrogens is 259 g/mol. The Balaban J connectivity index is 2.41. The summed E-state index contributed by atoms with van der Waals surface area (Å²) in [5, 5.41) is 2.58. The van der Waals surface area contributed by atoms with E-state index >= 15 is 0 Å². The average molecular weight is 280 g/mol. The molecule has 0 aromatic heterocycles. The molecule has 0 aliphatic rings. The number of benzene rings is 1. The smallest absolute Gasteiger partial charge is 0.223 e. The highest BCUT2D eigenvalue weighted by molar-refractivity contribution is 5.83. The van der Waals surface area contributed by atoms with Crippen molar-refractivity contribution < 1.29 is 14.0 Å². The third-order valence-corrected chi connectivity index (χ3v) is 3.04. The van der Waals surface area contributed by atoms with Crippen LogP contribution in [0.4, 0.5) is 4.39 Å². The molecule has 1 rings (SSSR count). The van der Waals surface area contributed by atoms with Crippen LogP contribution in [0.5, 0.6) is 0 Å². The Hall–Kier alpha value is -1.75. The van der Waals surface area contributed by atoms with Crippen LogP contribution in [0.2, 0.25) is 0 Å². The summed E-state index contributed by atoms with van der Waals surface area (Å²) < 4.78 is 12.8. The Morgan fingerprint density at radius 3 is 2.45 bits per heavy atom. The molecule has 1 aromatic rings. The van der Waals surface area contributed by atoms with Gasteiger partial charge < -0.3 is 5.32 Å². The molecule has 0 saturated carbocycles. The minimum Gasteiger partial charge on any atom is -0.359 e. The maximum Gasteiger partial charge on any atom is 0.223 e. The van der Waals surface area contributed by atoms with Crippen molar-refractivity contribution in [2.24, 2.45) is 5.92 Å². The third-order valence-electron chi connectivity index (χ3n) is 3.04. The summed E-state index contributed by atoms with van der Waals surface area (Å²) in [5.74, 6) is -0.465. The molecule has 1 unspecified atom stereocenters. The molecule has 0 saturated heterocycles. The summed E-state index contributed by atoms with van der Waals surface area (Å²) in [4.78, 5) is 25.1. The number of rotatable bonds is 7. The van der Waals surface area contributed by atoms with Gasteiger partial charge in [-0.1, -0.05) is 19.1 Å². The van der Waals surface area contributed by atoms with Gasteiger partial charge in [0.1, 0.15) is 5.82 Å². The van der Waals surface area contributed by atoms with E-state index in [4.69, 9.17) is 0 Å². The number of amides is 1. The maximum atomic E-state index is 12.8. The maximum absolute atomic E-state index is 12.8. The highest BCUT2D eigenvalue weighted by Crippen LogP contribution is 2.05. The molecule has 0 spiro atoms. The number of nitrogens with zero attached hydrogens (tertiary/aromatic N) is 1. The molecule has 110 valence electrons. The van der Waals surface area contributed by atoms with E-state index in [0.29, 0.717) is 6.54 Å². The zero-order valence-corrected chi connectivity index (χ0v) is 12.1. The molecule has 0 radical (unpaired) electrons. The summed E-state index contributed by atoms with van der Waals surface area (Å²) in [7, 11) is 3.40. The fourth-order valence-corrected chi connectivity index (χ4v) is 2.05. The van der Waals surface area contributed by atoms with Crippen molar-refractivity contribution >= 4 is 11.7 Å². The van der Waals surface area contributed by atoms with Gasteiger partial charge in [0.15, 0.2) is 5.78 Å². The van der Waals surface area contributed by atoms with Crippen LogP contribution in [0.3, 0.4) is 0 Å². The second-order valence-corrected chi connectivity index (χ2v) is 5.05. The van der Waals surface area contributed by atoms with Gasteiger partial charge >= 0.3 is 0 Å². The fraction of sp³-hybridized carbons (Fsp3) is 0.467. The zero-order chi connectivity index (χ0) is 15.1. The van der Waals surface area contributed by atoms with Crippen LogP contribution < -0.4 is 5.32 Å². The number of carbonyl (C=O) groups is 2. The van der Waals surface area contributed by atoms with E-state index in [1.54, 1.807) is 19.2 Å². The predicted molar refractivity (Wildman–Crippen MR) is 75.8 cm³/mol. The molecule has 1 aromatic carbocycles. The highest BCUT2D eigenvalue weighted by atomic mass is 19.1. The van der Waals surface area contributed by atoms with Gasteiger partial charge in [-0.3, -0.25) is 14.5 Å². The lowest BCUT2D eigenvalue weighted by molar-refractivity contribution is -0.125. The van der Waals surface area contributed by atoms with Crippen LogP contribution in [0.25, 0.3) is 0 Å². The van der Waals surface area contributed by atoms with Crippen molar-refractivity contribution in [3.8, 4) is 0 Å². The van der Waals surface area contributed by atoms with E-state index in [9.17, 15) is 14.0 Å². The van der Waals surface area contributed by atoms with Gasteiger partial charge in [-0.25, -0.2) is 4.39 Å². The number of carbonyl (C=O) groups excluding carboxylic acids is 2. The molecule has 1 atom stereocenters. The summed E-state index contributed by atoms with van der Waals surface area (Å²) >= 11 is 0. The van der Waals surface area contributed by atoms with Gasteiger partial charge in [-0.15, -0.1) is 0 Å². The molecule has 0 fully saturated rings. The van der Waals surface area contributed by atoms with E-state index in [2.05, 4.69) is 5.32 Å². The first-order valence-electron chi connectivity index (χ1n) is 6.58. The van der Waals surface area contributed by atoms with Crippen LogP contribution in [-0.2, 0) is 16.0 Å². The lowest BCUT2D eigenvalue weighted by atomic mass is 10.1. The lowest BCUT2D eigenvalue weighted by Crippen LogP contribution is -2.36. The van der Waals surface area contributed by atoms with Crippen LogP contribution >= 0.6 is 0 Å². The fourth-order valence-electron chi connectivity index (χ4n) is 2.05. The highest BCUT2D eigenvalue weighted by Gasteiger charge is 2.15. The van der Waals surface area contributed by atoms with Gasteiger partial charge in [0, 0.05) is 25.9 Å². The Morgan fingerprint density at radius 1 is 1.30 bits per heavy atom. The van der Waals surface area contributed by atoms with E-state index in [1.807, 2.05) is 18.9 Å². The van der Waals surface area contributed by atoms with Crippen molar-refractivity contribution in [2.45, 2.75) is 13.3 Å². The number of Topliss-reactive ketones (excluding diaryl/α,β-unsaturated/α-hetero) is 1. The Kier molecular flexibility index (Phi) is 6.31. The number of nitrogens with one attached hydrogen (secondary N) is 1. The van der Waals surface area contributed by atoms with Gasteiger partial charge in [0.25, 0.3) is 0 Å². The first kappa shape index (κ1) is 16.3. The van der Waals surface area contributed by atoms with Crippen molar-refractivity contribution in [3.63, 3.8) is 0 Å². The number of likely N-dealkylation sites (N-methyl/N-ethyl adjacent to an activating group) is 1. The second-order valence-electron chi connectivity index (χ2n) is 5.05. The molecular formula is C15H21FN2O2. The molecule has 1 amide bonds. The number of hydrogen-bond acceptors (Lipinski definition) is 3. The van der Waals surface area contributed by atoms with Gasteiger partial charge in [0.05, 0.1) is 6.54 Å². The van der Waals surface area contributed by atoms with E-state index in [0.717, 1.165) is 5.56 Å². The molecule has 20 heavy (non-hydrogen) atoms. The van der Waals surface area contributed by atoms with Gasteiger partial charge in [0.2, 0.25) is 5.91 Å². The van der Waals surface area contributed by atoms with Crippen LogP contribution in [0, 0.1) is 11.7 Å². The SMILES string of the molecule is CNC(=O)C(C)CN(C)CC(=O)Cc1ccc(F)cc1. The van der Waals surface area contributed by atoms with E-state index in [1.165, 1.54) is 12.1 Å². The van der Waals surface area contributed by atoms with Crippen molar-refractivity contribution in [2.75, 3.05) is 27.2 Å². The third kappa shape index (κ3) is 5.48. The molecule has 0 aliphatic heterocycles. The van der Waals surface area contributed by atoms with Gasteiger partial charge in [-0.05, 0) is 24.7 Å². The van der Waals surface area contributed by atoms with Crippen molar-refractivity contribution in [3.05, 3.63) is 35.6 Å². The standard InChI is InChI=1S/C15H21FN2O2/c1-11(15(20)17-2)9-18(3)10-14(19)8-12-4-6-13(16)7-5-12/h4-7,11H,8-10H2,1-3H3,(H,17,20). The largest absolute Gasteiger partial charge is 0.359 e. The van der Waals surface area contributed by atoms with Crippen LogP contribution in [0.15, 0.2) is 24.3 Å². The Morgan fingerprint density at radius 2 is 1.90 bits per heavy atom. The minimum absolute atomic E-state index is 0.0390. The summed E-state index contributed by atoms with van der Waals surface area (Å²) in [6, 6.07) is 5.92.